The molecule has 4 nitrogen and oxygen atoms in total. The molecule has 0 spiro atoms. The Labute approximate surface area is 168 Å². The van der Waals surface area contributed by atoms with Crippen LogP contribution in [-0.2, 0) is 6.54 Å². The van der Waals surface area contributed by atoms with Crippen LogP contribution in [0.1, 0.15) is 38.3 Å². The lowest BCUT2D eigenvalue weighted by Gasteiger charge is -2.26. The molecule has 5 heteroatoms. The summed E-state index contributed by atoms with van der Waals surface area (Å²) in [7, 11) is 0. The summed E-state index contributed by atoms with van der Waals surface area (Å²) >= 11 is 5.67. The molecule has 0 unspecified atom stereocenters. The maximum atomic E-state index is 5.75. The largest absolute Gasteiger partial charge is 0.490 e. The zero-order valence-electron chi connectivity index (χ0n) is 16.7. The standard InChI is InChI=1S/C22H30N2O2S/c1-5-14-24(22(27)23-19-11-8-17(4)9-12-19)16-18-10-13-20(25-6-2)21(15-18)26-7-3/h8-13,15H,5-7,14,16H2,1-4H3,(H,23,27). The molecular weight excluding hydrogens is 356 g/mol. The first-order valence-corrected chi connectivity index (χ1v) is 9.99. The molecule has 27 heavy (non-hydrogen) atoms. The quantitative estimate of drug-likeness (QED) is 0.584. The van der Waals surface area contributed by atoms with E-state index in [1.54, 1.807) is 0 Å². The molecule has 0 radical (unpaired) electrons. The topological polar surface area (TPSA) is 33.7 Å². The van der Waals surface area contributed by atoms with Gasteiger partial charge in [-0.05, 0) is 69.2 Å². The molecule has 0 amide bonds. The molecular formula is C22H30N2O2S. The van der Waals surface area contributed by atoms with E-state index in [-0.39, 0.29) is 0 Å². The van der Waals surface area contributed by atoms with E-state index in [4.69, 9.17) is 21.7 Å². The highest BCUT2D eigenvalue weighted by atomic mass is 32.1. The molecule has 0 aliphatic carbocycles. The molecule has 2 rings (SSSR count). The Morgan fingerprint density at radius 2 is 1.63 bits per heavy atom. The lowest BCUT2D eigenvalue weighted by atomic mass is 10.2. The Morgan fingerprint density at radius 1 is 0.963 bits per heavy atom. The summed E-state index contributed by atoms with van der Waals surface area (Å²) in [6.07, 6.45) is 1.02. The number of benzene rings is 2. The maximum absolute atomic E-state index is 5.75. The average Bonchev–Trinajstić information content (AvgIpc) is 2.65. The SMILES string of the molecule is CCCN(Cc1ccc(OCC)c(OCC)c1)C(=S)Nc1ccc(C)cc1. The highest BCUT2D eigenvalue weighted by Gasteiger charge is 2.12. The summed E-state index contributed by atoms with van der Waals surface area (Å²) in [5.74, 6) is 1.57. The van der Waals surface area contributed by atoms with E-state index in [2.05, 4.69) is 54.4 Å². The third kappa shape index (κ3) is 6.43. The number of hydrogen-bond acceptors (Lipinski definition) is 3. The number of anilines is 1. The van der Waals surface area contributed by atoms with Crippen molar-refractivity contribution in [3.05, 3.63) is 53.6 Å². The molecule has 0 fully saturated rings. The van der Waals surface area contributed by atoms with Crippen LogP contribution in [0.5, 0.6) is 11.5 Å². The Balaban J connectivity index is 2.13. The number of ether oxygens (including phenoxy) is 2. The summed E-state index contributed by atoms with van der Waals surface area (Å²) < 4.78 is 11.4. The lowest BCUT2D eigenvalue weighted by Crippen LogP contribution is -2.34. The minimum atomic E-state index is 0.607. The van der Waals surface area contributed by atoms with Crippen molar-refractivity contribution >= 4 is 23.0 Å². The highest BCUT2D eigenvalue weighted by Crippen LogP contribution is 2.29. The van der Waals surface area contributed by atoms with Gasteiger partial charge in [0.1, 0.15) is 0 Å². The van der Waals surface area contributed by atoms with Crippen LogP contribution < -0.4 is 14.8 Å². The molecule has 2 aromatic carbocycles. The van der Waals surface area contributed by atoms with Crippen LogP contribution in [0.25, 0.3) is 0 Å². The second-order valence-electron chi connectivity index (χ2n) is 6.36. The maximum Gasteiger partial charge on any atom is 0.173 e. The third-order valence-corrected chi connectivity index (χ3v) is 4.43. The average molecular weight is 387 g/mol. The molecule has 0 aromatic heterocycles. The number of nitrogens with zero attached hydrogens (tertiary/aromatic N) is 1. The monoisotopic (exact) mass is 386 g/mol. The Morgan fingerprint density at radius 3 is 2.26 bits per heavy atom. The van der Waals surface area contributed by atoms with Gasteiger partial charge in [0.05, 0.1) is 13.2 Å². The highest BCUT2D eigenvalue weighted by molar-refractivity contribution is 7.80. The minimum absolute atomic E-state index is 0.607. The van der Waals surface area contributed by atoms with Crippen molar-refractivity contribution in [3.63, 3.8) is 0 Å². The van der Waals surface area contributed by atoms with Crippen LogP contribution in [0.3, 0.4) is 0 Å². The summed E-state index contributed by atoms with van der Waals surface area (Å²) in [6, 6.07) is 14.4. The summed E-state index contributed by atoms with van der Waals surface area (Å²) in [5.41, 5.74) is 3.38. The van der Waals surface area contributed by atoms with Crippen molar-refractivity contribution in [2.24, 2.45) is 0 Å². The first-order valence-electron chi connectivity index (χ1n) is 9.58. The van der Waals surface area contributed by atoms with Gasteiger partial charge < -0.3 is 19.7 Å². The molecule has 146 valence electrons. The Bertz CT molecular complexity index is 732. The molecule has 0 saturated heterocycles. The van der Waals surface area contributed by atoms with E-state index >= 15 is 0 Å². The Hall–Kier alpha value is -2.27. The fraction of sp³-hybridized carbons (Fsp3) is 0.409. The molecule has 0 heterocycles. The second-order valence-corrected chi connectivity index (χ2v) is 6.75. The van der Waals surface area contributed by atoms with Crippen molar-refractivity contribution in [1.82, 2.24) is 4.90 Å². The number of nitrogens with one attached hydrogen (secondary N) is 1. The van der Waals surface area contributed by atoms with Crippen LogP contribution >= 0.6 is 12.2 Å². The van der Waals surface area contributed by atoms with Crippen molar-refractivity contribution in [2.45, 2.75) is 40.7 Å². The predicted octanol–water partition coefficient (Wildman–Crippen LogP) is 5.40. The first-order chi connectivity index (χ1) is 13.1. The van der Waals surface area contributed by atoms with Gasteiger partial charge in [0, 0.05) is 18.8 Å². The van der Waals surface area contributed by atoms with E-state index in [1.807, 2.05) is 26.0 Å². The lowest BCUT2D eigenvalue weighted by molar-refractivity contribution is 0.287. The van der Waals surface area contributed by atoms with Gasteiger partial charge in [-0.15, -0.1) is 0 Å². The van der Waals surface area contributed by atoms with Crippen molar-refractivity contribution in [1.29, 1.82) is 0 Å². The summed E-state index contributed by atoms with van der Waals surface area (Å²) in [4.78, 5) is 2.18. The van der Waals surface area contributed by atoms with E-state index in [0.29, 0.717) is 13.2 Å². The molecule has 0 aliphatic heterocycles. The number of aryl methyl sites for hydroxylation is 1. The van der Waals surface area contributed by atoms with Crippen LogP contribution in [0, 0.1) is 6.92 Å². The molecule has 0 atom stereocenters. The first kappa shape index (κ1) is 21.0. The van der Waals surface area contributed by atoms with Gasteiger partial charge in [-0.3, -0.25) is 0 Å². The van der Waals surface area contributed by atoms with Gasteiger partial charge in [0.25, 0.3) is 0 Å². The predicted molar refractivity (Wildman–Crippen MR) is 117 cm³/mol. The van der Waals surface area contributed by atoms with E-state index < -0.39 is 0 Å². The van der Waals surface area contributed by atoms with E-state index in [0.717, 1.165) is 47.4 Å². The van der Waals surface area contributed by atoms with Gasteiger partial charge in [-0.2, -0.15) is 0 Å². The van der Waals surface area contributed by atoms with Crippen molar-refractivity contribution in [3.8, 4) is 11.5 Å². The zero-order valence-corrected chi connectivity index (χ0v) is 17.6. The minimum Gasteiger partial charge on any atom is -0.490 e. The summed E-state index contributed by atoms with van der Waals surface area (Å²) in [5, 5.41) is 4.08. The summed E-state index contributed by atoms with van der Waals surface area (Å²) in [6.45, 7) is 11.0. The van der Waals surface area contributed by atoms with Crippen molar-refractivity contribution < 1.29 is 9.47 Å². The second kappa shape index (κ2) is 10.8. The van der Waals surface area contributed by atoms with E-state index in [9.17, 15) is 0 Å². The van der Waals surface area contributed by atoms with Gasteiger partial charge >= 0.3 is 0 Å². The van der Waals surface area contributed by atoms with Gasteiger partial charge in [-0.1, -0.05) is 30.7 Å². The fourth-order valence-corrected chi connectivity index (χ4v) is 3.05. The molecule has 1 N–H and O–H groups in total. The number of hydrogen-bond donors (Lipinski definition) is 1. The van der Waals surface area contributed by atoms with Crippen LogP contribution in [0.15, 0.2) is 42.5 Å². The van der Waals surface area contributed by atoms with E-state index in [1.165, 1.54) is 5.56 Å². The zero-order chi connectivity index (χ0) is 19.6. The van der Waals surface area contributed by atoms with Crippen LogP contribution in [0.2, 0.25) is 0 Å². The van der Waals surface area contributed by atoms with Crippen molar-refractivity contribution in [2.75, 3.05) is 25.1 Å². The molecule has 0 aliphatic rings. The fourth-order valence-electron chi connectivity index (χ4n) is 2.78. The number of thiocarbonyl (C=S) groups is 1. The van der Waals surface area contributed by atoms with Gasteiger partial charge in [-0.25, -0.2) is 0 Å². The molecule has 0 bridgehead atoms. The molecule has 2 aromatic rings. The third-order valence-electron chi connectivity index (χ3n) is 4.06. The van der Waals surface area contributed by atoms with Crippen LogP contribution in [0.4, 0.5) is 5.69 Å². The molecule has 0 saturated carbocycles. The smallest absolute Gasteiger partial charge is 0.173 e. The Kier molecular flexibility index (Phi) is 8.40. The normalized spacial score (nSPS) is 10.4. The van der Waals surface area contributed by atoms with Gasteiger partial charge in [0.15, 0.2) is 16.6 Å². The number of rotatable bonds is 9. The van der Waals surface area contributed by atoms with Gasteiger partial charge in [0.2, 0.25) is 0 Å². The van der Waals surface area contributed by atoms with Crippen LogP contribution in [-0.4, -0.2) is 29.8 Å².